The Morgan fingerprint density at radius 3 is 2.17 bits per heavy atom. The standard InChI is InChI=1S/C17H17NOS.C2H6S/c1-2-20-14-13-17(18-15-9-5-3-6-10-15)19-16-11-7-4-8-12-16;1-2-3/h3-14H,2H2,1H3;3H,2H2,1H3. The normalized spacial score (nSPS) is 11.0. The smallest absolute Gasteiger partial charge is 0.220 e. The molecule has 2 aromatic carbocycles. The molecule has 0 aromatic heterocycles. The van der Waals surface area contributed by atoms with Crippen molar-refractivity contribution in [2.24, 2.45) is 4.99 Å². The molecule has 4 heteroatoms. The monoisotopic (exact) mass is 345 g/mol. The van der Waals surface area contributed by atoms with Crippen LogP contribution < -0.4 is 4.74 Å². The summed E-state index contributed by atoms with van der Waals surface area (Å²) < 4.78 is 5.81. The maximum atomic E-state index is 5.81. The lowest BCUT2D eigenvalue weighted by Gasteiger charge is -2.05. The Hall–Kier alpha value is -1.65. The summed E-state index contributed by atoms with van der Waals surface area (Å²) in [5.74, 6) is 3.34. The highest BCUT2D eigenvalue weighted by molar-refractivity contribution is 8.02. The lowest BCUT2D eigenvalue weighted by molar-refractivity contribution is 0.556. The van der Waals surface area contributed by atoms with Crippen molar-refractivity contribution in [2.45, 2.75) is 13.8 Å². The number of thiol groups is 1. The van der Waals surface area contributed by atoms with Gasteiger partial charge in [-0.3, -0.25) is 0 Å². The van der Waals surface area contributed by atoms with Gasteiger partial charge in [0.2, 0.25) is 5.90 Å². The van der Waals surface area contributed by atoms with Crippen LogP contribution in [0.25, 0.3) is 0 Å². The summed E-state index contributed by atoms with van der Waals surface area (Å²) in [5, 5.41) is 2.00. The van der Waals surface area contributed by atoms with Gasteiger partial charge in [-0.2, -0.15) is 12.6 Å². The number of thioether (sulfide) groups is 1. The van der Waals surface area contributed by atoms with Gasteiger partial charge < -0.3 is 4.74 Å². The highest BCUT2D eigenvalue weighted by Crippen LogP contribution is 2.15. The number of rotatable bonds is 5. The lowest BCUT2D eigenvalue weighted by Crippen LogP contribution is -2.04. The number of para-hydroxylation sites is 2. The third-order valence-electron chi connectivity index (χ3n) is 2.43. The van der Waals surface area contributed by atoms with Crippen molar-refractivity contribution in [2.75, 3.05) is 11.5 Å². The minimum atomic E-state index is 0.586. The molecular weight excluding hydrogens is 322 g/mol. The third-order valence-corrected chi connectivity index (χ3v) is 3.10. The maximum absolute atomic E-state index is 5.81. The Balaban J connectivity index is 0.000000816. The van der Waals surface area contributed by atoms with Crippen LogP contribution in [0.2, 0.25) is 0 Å². The fourth-order valence-electron chi connectivity index (χ4n) is 1.54. The van der Waals surface area contributed by atoms with Crippen molar-refractivity contribution in [1.82, 2.24) is 0 Å². The summed E-state index contributed by atoms with van der Waals surface area (Å²) in [6.45, 7) is 4.10. The molecule has 0 fully saturated rings. The van der Waals surface area contributed by atoms with E-state index < -0.39 is 0 Å². The first-order valence-electron chi connectivity index (χ1n) is 7.55. The Labute approximate surface area is 149 Å². The SMILES string of the molecule is CCS.CCSC=CC(=Nc1ccccc1)Oc1ccccc1. The van der Waals surface area contributed by atoms with Crippen LogP contribution >= 0.6 is 24.4 Å². The van der Waals surface area contributed by atoms with Crippen molar-refractivity contribution >= 4 is 36.0 Å². The van der Waals surface area contributed by atoms with Crippen LogP contribution in [-0.2, 0) is 0 Å². The zero-order valence-corrected chi connectivity index (χ0v) is 15.3. The van der Waals surface area contributed by atoms with Crippen LogP contribution in [0.3, 0.4) is 0 Å². The van der Waals surface area contributed by atoms with E-state index in [0.717, 1.165) is 22.9 Å². The molecule has 0 aliphatic carbocycles. The van der Waals surface area contributed by atoms with Crippen LogP contribution in [0, 0.1) is 0 Å². The summed E-state index contributed by atoms with van der Waals surface area (Å²) in [4.78, 5) is 4.52. The van der Waals surface area contributed by atoms with Gasteiger partial charge in [-0.1, -0.05) is 50.2 Å². The fraction of sp³-hybridized carbons (Fsp3) is 0.211. The lowest BCUT2D eigenvalue weighted by atomic mass is 10.3. The molecule has 0 aliphatic heterocycles. The Morgan fingerprint density at radius 1 is 1.04 bits per heavy atom. The highest BCUT2D eigenvalue weighted by Gasteiger charge is 1.99. The summed E-state index contributed by atoms with van der Waals surface area (Å²) in [5.41, 5.74) is 0.879. The number of hydrogen-bond acceptors (Lipinski definition) is 4. The van der Waals surface area contributed by atoms with Gasteiger partial charge in [0.15, 0.2) is 0 Å². The van der Waals surface area contributed by atoms with Crippen LogP contribution in [0.15, 0.2) is 77.1 Å². The zero-order valence-electron chi connectivity index (χ0n) is 13.6. The zero-order chi connectivity index (χ0) is 16.8. The van der Waals surface area contributed by atoms with Crippen LogP contribution in [0.4, 0.5) is 5.69 Å². The quantitative estimate of drug-likeness (QED) is 0.408. The first kappa shape index (κ1) is 19.4. The van der Waals surface area contributed by atoms with E-state index in [4.69, 9.17) is 4.74 Å². The summed E-state index contributed by atoms with van der Waals surface area (Å²) in [6, 6.07) is 19.5. The number of aliphatic imine (C=N–C) groups is 1. The molecule has 0 atom stereocenters. The van der Waals surface area contributed by atoms with Crippen LogP contribution in [-0.4, -0.2) is 17.4 Å². The van der Waals surface area contributed by atoms with Crippen molar-refractivity contribution in [3.8, 4) is 5.75 Å². The minimum Gasteiger partial charge on any atom is -0.439 e. The number of ether oxygens (including phenoxy) is 1. The Kier molecular flexibility index (Phi) is 10.8. The van der Waals surface area contributed by atoms with Crippen molar-refractivity contribution in [3.05, 3.63) is 72.1 Å². The van der Waals surface area contributed by atoms with E-state index in [1.807, 2.05) is 79.1 Å². The summed E-state index contributed by atoms with van der Waals surface area (Å²) in [6.07, 6.45) is 1.90. The molecule has 0 bridgehead atoms. The molecule has 0 radical (unpaired) electrons. The highest BCUT2D eigenvalue weighted by atomic mass is 32.2. The molecule has 0 heterocycles. The van der Waals surface area contributed by atoms with E-state index in [0.29, 0.717) is 5.90 Å². The fourth-order valence-corrected chi connectivity index (χ4v) is 1.94. The molecule has 0 spiro atoms. The molecule has 0 saturated carbocycles. The third kappa shape index (κ3) is 9.16. The average molecular weight is 346 g/mol. The molecule has 0 unspecified atom stereocenters. The average Bonchev–Trinajstić information content (AvgIpc) is 2.58. The maximum Gasteiger partial charge on any atom is 0.220 e. The second-order valence-electron chi connectivity index (χ2n) is 4.28. The molecule has 2 nitrogen and oxygen atoms in total. The molecule has 0 N–H and O–H groups in total. The number of hydrogen-bond donors (Lipinski definition) is 1. The second-order valence-corrected chi connectivity index (χ2v) is 6.09. The van der Waals surface area contributed by atoms with Gasteiger partial charge in [0, 0.05) is 6.08 Å². The molecule has 0 saturated heterocycles. The van der Waals surface area contributed by atoms with Crippen molar-refractivity contribution < 1.29 is 4.74 Å². The van der Waals surface area contributed by atoms with Crippen LogP contribution in [0.5, 0.6) is 5.75 Å². The van der Waals surface area contributed by atoms with Gasteiger partial charge in [0.05, 0.1) is 5.69 Å². The van der Waals surface area contributed by atoms with Crippen LogP contribution in [0.1, 0.15) is 13.8 Å². The second kappa shape index (κ2) is 12.9. The minimum absolute atomic E-state index is 0.586. The van der Waals surface area contributed by atoms with E-state index in [-0.39, 0.29) is 0 Å². The van der Waals surface area contributed by atoms with E-state index in [1.165, 1.54) is 0 Å². The van der Waals surface area contributed by atoms with E-state index in [1.54, 1.807) is 11.8 Å². The first-order chi connectivity index (χ1) is 11.3. The molecule has 0 aliphatic rings. The summed E-state index contributed by atoms with van der Waals surface area (Å²) in [7, 11) is 0. The predicted molar refractivity (Wildman–Crippen MR) is 107 cm³/mol. The van der Waals surface area contributed by atoms with E-state index in [2.05, 4.69) is 24.5 Å². The van der Waals surface area contributed by atoms with Gasteiger partial charge in [0.1, 0.15) is 5.75 Å². The number of benzene rings is 2. The Bertz CT molecular complexity index is 583. The first-order valence-corrected chi connectivity index (χ1v) is 9.23. The van der Waals surface area contributed by atoms with E-state index >= 15 is 0 Å². The molecule has 2 rings (SSSR count). The van der Waals surface area contributed by atoms with Gasteiger partial charge >= 0.3 is 0 Å². The van der Waals surface area contributed by atoms with E-state index in [9.17, 15) is 0 Å². The Morgan fingerprint density at radius 2 is 1.61 bits per heavy atom. The molecule has 122 valence electrons. The molecular formula is C19H23NOS2. The number of nitrogens with zero attached hydrogens (tertiary/aromatic N) is 1. The largest absolute Gasteiger partial charge is 0.439 e. The molecule has 2 aromatic rings. The summed E-state index contributed by atoms with van der Waals surface area (Å²) >= 11 is 5.50. The van der Waals surface area contributed by atoms with Crippen molar-refractivity contribution in [1.29, 1.82) is 0 Å². The van der Waals surface area contributed by atoms with Gasteiger partial charge in [0.25, 0.3) is 0 Å². The van der Waals surface area contributed by atoms with Crippen molar-refractivity contribution in [3.63, 3.8) is 0 Å². The molecule has 0 amide bonds. The van der Waals surface area contributed by atoms with Gasteiger partial charge in [-0.05, 0) is 41.2 Å². The van der Waals surface area contributed by atoms with Gasteiger partial charge in [-0.25, -0.2) is 4.99 Å². The van der Waals surface area contributed by atoms with Gasteiger partial charge in [-0.15, -0.1) is 11.8 Å². The predicted octanol–water partition coefficient (Wildman–Crippen LogP) is 6.00. The topological polar surface area (TPSA) is 21.6 Å². The molecule has 23 heavy (non-hydrogen) atoms.